The highest BCUT2D eigenvalue weighted by Gasteiger charge is 2.29. The molecule has 1 heterocycles. The number of H-pyrrole nitrogens is 1. The summed E-state index contributed by atoms with van der Waals surface area (Å²) in [6.07, 6.45) is 0. The molecular weight excluding hydrogens is 228 g/mol. The van der Waals surface area contributed by atoms with E-state index in [-0.39, 0.29) is 5.91 Å². The summed E-state index contributed by atoms with van der Waals surface area (Å²) in [7, 11) is 1.72. The molecule has 0 aliphatic carbocycles. The highest BCUT2D eigenvalue weighted by atomic mass is 35.5. The Morgan fingerprint density at radius 1 is 1.56 bits per heavy atom. The first-order valence-electron chi connectivity index (χ1n) is 5.06. The van der Waals surface area contributed by atoms with E-state index in [4.69, 9.17) is 11.6 Å². The van der Waals surface area contributed by atoms with Crippen molar-refractivity contribution in [1.29, 1.82) is 0 Å². The number of aromatic nitrogens is 3. The second-order valence-electron chi connectivity index (χ2n) is 4.52. The van der Waals surface area contributed by atoms with Gasteiger partial charge in [0.25, 0.3) is 0 Å². The van der Waals surface area contributed by atoms with E-state index in [0.29, 0.717) is 18.2 Å². The van der Waals surface area contributed by atoms with Gasteiger partial charge in [-0.2, -0.15) is 5.10 Å². The molecule has 0 spiro atoms. The molecule has 6 heteroatoms. The van der Waals surface area contributed by atoms with Crippen molar-refractivity contribution in [3.05, 3.63) is 11.6 Å². The number of rotatable bonds is 4. The maximum absolute atomic E-state index is 12.0. The number of alkyl halides is 1. The number of nitrogens with one attached hydrogen (secondary N) is 1. The van der Waals surface area contributed by atoms with Gasteiger partial charge in [0.05, 0.1) is 12.0 Å². The van der Waals surface area contributed by atoms with Crippen molar-refractivity contribution in [1.82, 2.24) is 20.1 Å². The van der Waals surface area contributed by atoms with Crippen LogP contribution in [0.5, 0.6) is 0 Å². The van der Waals surface area contributed by atoms with Gasteiger partial charge in [0.15, 0.2) is 5.82 Å². The van der Waals surface area contributed by atoms with Crippen LogP contribution in [-0.4, -0.2) is 38.9 Å². The first-order valence-corrected chi connectivity index (χ1v) is 5.59. The van der Waals surface area contributed by atoms with Crippen molar-refractivity contribution in [3.8, 4) is 0 Å². The molecule has 5 nitrogen and oxygen atoms in total. The van der Waals surface area contributed by atoms with Crippen LogP contribution in [0.2, 0.25) is 0 Å². The summed E-state index contributed by atoms with van der Waals surface area (Å²) in [4.78, 5) is 17.7. The normalized spacial score (nSPS) is 11.6. The molecule has 1 aromatic rings. The fourth-order valence-electron chi connectivity index (χ4n) is 1.32. The lowest BCUT2D eigenvalue weighted by Gasteiger charge is -2.26. The van der Waals surface area contributed by atoms with Gasteiger partial charge in [0, 0.05) is 12.9 Å². The Morgan fingerprint density at radius 3 is 2.62 bits per heavy atom. The minimum absolute atomic E-state index is 0.00930. The molecule has 0 radical (unpaired) electrons. The van der Waals surface area contributed by atoms with Crippen LogP contribution in [0.15, 0.2) is 0 Å². The highest BCUT2D eigenvalue weighted by molar-refractivity contribution is 6.19. The Morgan fingerprint density at radius 2 is 2.19 bits per heavy atom. The minimum Gasteiger partial charge on any atom is -0.338 e. The van der Waals surface area contributed by atoms with Crippen LogP contribution in [0.1, 0.15) is 25.5 Å². The first kappa shape index (κ1) is 13.0. The molecule has 0 aromatic carbocycles. The molecular formula is C10H17ClN4O. The van der Waals surface area contributed by atoms with Crippen molar-refractivity contribution in [2.45, 2.75) is 27.3 Å². The van der Waals surface area contributed by atoms with Crippen molar-refractivity contribution >= 4 is 17.5 Å². The molecule has 1 N–H and O–H groups in total. The largest absolute Gasteiger partial charge is 0.338 e. The Bertz CT molecular complexity index is 375. The predicted octanol–water partition coefficient (Wildman–Crippen LogP) is 1.34. The monoisotopic (exact) mass is 244 g/mol. The predicted molar refractivity (Wildman–Crippen MR) is 62.1 cm³/mol. The summed E-state index contributed by atoms with van der Waals surface area (Å²) >= 11 is 5.75. The van der Waals surface area contributed by atoms with Crippen LogP contribution >= 0.6 is 11.6 Å². The molecule has 0 aliphatic rings. The molecule has 0 saturated heterocycles. The summed E-state index contributed by atoms with van der Waals surface area (Å²) in [5.74, 6) is 1.64. The number of hydrogen-bond donors (Lipinski definition) is 1. The van der Waals surface area contributed by atoms with E-state index in [1.807, 2.05) is 20.8 Å². The Hall–Kier alpha value is -1.10. The molecule has 0 saturated carbocycles. The second kappa shape index (κ2) is 4.82. The van der Waals surface area contributed by atoms with Gasteiger partial charge < -0.3 is 4.90 Å². The first-order chi connectivity index (χ1) is 7.36. The minimum atomic E-state index is -0.554. The average molecular weight is 245 g/mol. The van der Waals surface area contributed by atoms with Crippen molar-refractivity contribution in [3.63, 3.8) is 0 Å². The Balaban J connectivity index is 2.65. The third kappa shape index (κ3) is 2.95. The molecule has 1 aromatic heterocycles. The molecule has 1 amide bonds. The number of hydrogen-bond acceptors (Lipinski definition) is 3. The molecule has 1 rings (SSSR count). The number of nitrogens with zero attached hydrogens (tertiary/aromatic N) is 3. The van der Waals surface area contributed by atoms with E-state index < -0.39 is 5.41 Å². The molecule has 0 bridgehead atoms. The quantitative estimate of drug-likeness (QED) is 0.813. The van der Waals surface area contributed by atoms with Gasteiger partial charge in [-0.1, -0.05) is 0 Å². The van der Waals surface area contributed by atoms with Gasteiger partial charge in [-0.3, -0.25) is 9.89 Å². The van der Waals surface area contributed by atoms with Gasteiger partial charge >= 0.3 is 0 Å². The SMILES string of the molecule is Cc1nc(CN(C)C(=O)C(C)(C)CCl)n[nH]1. The van der Waals surface area contributed by atoms with Crippen LogP contribution < -0.4 is 0 Å². The van der Waals surface area contributed by atoms with Gasteiger partial charge in [0.2, 0.25) is 5.91 Å². The zero-order valence-electron chi connectivity index (χ0n) is 10.0. The smallest absolute Gasteiger partial charge is 0.229 e. The number of aryl methyl sites for hydroxylation is 1. The number of amides is 1. The number of halogens is 1. The fourth-order valence-corrected chi connectivity index (χ4v) is 1.43. The molecule has 0 aliphatic heterocycles. The van der Waals surface area contributed by atoms with E-state index in [1.165, 1.54) is 0 Å². The van der Waals surface area contributed by atoms with Gasteiger partial charge in [-0.15, -0.1) is 11.6 Å². The van der Waals surface area contributed by atoms with Crippen LogP contribution in [0.25, 0.3) is 0 Å². The summed E-state index contributed by atoms with van der Waals surface area (Å²) in [5, 5.41) is 6.72. The summed E-state index contributed by atoms with van der Waals surface area (Å²) in [5.41, 5.74) is -0.554. The molecule has 0 unspecified atom stereocenters. The topological polar surface area (TPSA) is 61.9 Å². The van der Waals surface area contributed by atoms with E-state index in [9.17, 15) is 4.79 Å². The van der Waals surface area contributed by atoms with Gasteiger partial charge in [-0.05, 0) is 20.8 Å². The standard InChI is InChI=1S/C10H17ClN4O/c1-7-12-8(14-13-7)5-15(4)9(16)10(2,3)6-11/h5-6H2,1-4H3,(H,12,13,14). The summed E-state index contributed by atoms with van der Waals surface area (Å²) in [6.45, 7) is 5.86. The van der Waals surface area contributed by atoms with Crippen molar-refractivity contribution in [2.75, 3.05) is 12.9 Å². The number of aromatic amines is 1. The maximum Gasteiger partial charge on any atom is 0.229 e. The summed E-state index contributed by atoms with van der Waals surface area (Å²) < 4.78 is 0. The molecule has 90 valence electrons. The maximum atomic E-state index is 12.0. The third-order valence-electron chi connectivity index (χ3n) is 2.28. The zero-order valence-corrected chi connectivity index (χ0v) is 10.8. The van der Waals surface area contributed by atoms with Crippen LogP contribution in [-0.2, 0) is 11.3 Å². The van der Waals surface area contributed by atoms with Crippen molar-refractivity contribution in [2.24, 2.45) is 5.41 Å². The second-order valence-corrected chi connectivity index (χ2v) is 4.78. The van der Waals surface area contributed by atoms with E-state index in [2.05, 4.69) is 15.2 Å². The van der Waals surface area contributed by atoms with Crippen LogP contribution in [0.3, 0.4) is 0 Å². The number of carbonyl (C=O) groups is 1. The lowest BCUT2D eigenvalue weighted by molar-refractivity contribution is -0.138. The van der Waals surface area contributed by atoms with Crippen molar-refractivity contribution < 1.29 is 4.79 Å². The highest BCUT2D eigenvalue weighted by Crippen LogP contribution is 2.20. The molecule has 0 fully saturated rings. The lowest BCUT2D eigenvalue weighted by Crippen LogP contribution is -2.39. The molecule has 0 atom stereocenters. The van der Waals surface area contributed by atoms with Crippen LogP contribution in [0.4, 0.5) is 0 Å². The summed E-state index contributed by atoms with van der Waals surface area (Å²) in [6, 6.07) is 0. The van der Waals surface area contributed by atoms with Gasteiger partial charge in [-0.25, -0.2) is 4.98 Å². The fraction of sp³-hybridized carbons (Fsp3) is 0.700. The van der Waals surface area contributed by atoms with Crippen LogP contribution in [0, 0.1) is 12.3 Å². The Kier molecular flexibility index (Phi) is 3.91. The Labute approximate surface area is 100 Å². The molecule has 16 heavy (non-hydrogen) atoms. The average Bonchev–Trinajstić information content (AvgIpc) is 2.62. The third-order valence-corrected chi connectivity index (χ3v) is 2.95. The van der Waals surface area contributed by atoms with E-state index in [0.717, 1.165) is 5.82 Å². The zero-order chi connectivity index (χ0) is 12.3. The lowest BCUT2D eigenvalue weighted by atomic mass is 9.94. The van der Waals surface area contributed by atoms with E-state index in [1.54, 1.807) is 11.9 Å². The van der Waals surface area contributed by atoms with Gasteiger partial charge in [0.1, 0.15) is 5.82 Å². The number of carbonyl (C=O) groups excluding carboxylic acids is 1. The van der Waals surface area contributed by atoms with E-state index >= 15 is 0 Å².